The molecular formula is C18H28FN3O3S. The zero-order chi connectivity index (χ0) is 19.4. The molecule has 8 heteroatoms. The Kier molecular flexibility index (Phi) is 6.63. The van der Waals surface area contributed by atoms with Crippen LogP contribution in [0.25, 0.3) is 0 Å². The summed E-state index contributed by atoms with van der Waals surface area (Å²) in [5, 5.41) is 2.86. The quantitative estimate of drug-likeness (QED) is 0.719. The highest BCUT2D eigenvalue weighted by Gasteiger charge is 2.30. The van der Waals surface area contributed by atoms with Gasteiger partial charge in [0.1, 0.15) is 5.82 Å². The van der Waals surface area contributed by atoms with Crippen LogP contribution < -0.4 is 10.0 Å². The molecule has 1 aliphatic heterocycles. The Hall–Kier alpha value is -1.67. The number of hydrogen-bond acceptors (Lipinski definition) is 4. The maximum absolute atomic E-state index is 13.2. The molecule has 2 rings (SSSR count). The third-order valence-corrected chi connectivity index (χ3v) is 6.16. The number of carbonyl (C=O) groups excluding carboxylic acids is 1. The van der Waals surface area contributed by atoms with Crippen LogP contribution >= 0.6 is 0 Å². The molecule has 0 spiro atoms. The summed E-state index contributed by atoms with van der Waals surface area (Å²) in [5.41, 5.74) is -0.0160. The Labute approximate surface area is 155 Å². The number of carbonyl (C=O) groups is 1. The van der Waals surface area contributed by atoms with E-state index in [1.54, 1.807) is 6.92 Å². The topological polar surface area (TPSA) is 78.5 Å². The van der Waals surface area contributed by atoms with Crippen molar-refractivity contribution in [1.82, 2.24) is 10.2 Å². The molecule has 0 aromatic heterocycles. The predicted molar refractivity (Wildman–Crippen MR) is 101 cm³/mol. The van der Waals surface area contributed by atoms with Gasteiger partial charge in [0.15, 0.2) is 0 Å². The van der Waals surface area contributed by atoms with Crippen molar-refractivity contribution in [2.75, 3.05) is 30.1 Å². The van der Waals surface area contributed by atoms with Gasteiger partial charge in [-0.05, 0) is 58.0 Å². The van der Waals surface area contributed by atoms with E-state index in [1.807, 2.05) is 0 Å². The average Bonchev–Trinajstić information content (AvgIpc) is 3.07. The van der Waals surface area contributed by atoms with Crippen LogP contribution in [-0.2, 0) is 14.8 Å². The number of amides is 1. The van der Waals surface area contributed by atoms with Crippen LogP contribution in [0.5, 0.6) is 0 Å². The number of anilines is 1. The minimum absolute atomic E-state index is 0.146. The van der Waals surface area contributed by atoms with Crippen LogP contribution in [0, 0.1) is 11.7 Å². The number of nitrogens with one attached hydrogen (secondary N) is 2. The van der Waals surface area contributed by atoms with E-state index in [4.69, 9.17) is 0 Å². The predicted octanol–water partition coefficient (Wildman–Crippen LogP) is 2.19. The standard InChI is InChI=1S/C18H28FN3O3S/c1-14(12-26(24,25)21-16-8-6-7-15(19)11-16)17(23)20-13-18(2,3)22-9-4-5-10-22/h6-8,11,14,21H,4-5,9-10,12-13H2,1-3H3,(H,20,23). The molecule has 1 atom stereocenters. The lowest BCUT2D eigenvalue weighted by atomic mass is 10.0. The summed E-state index contributed by atoms with van der Waals surface area (Å²) in [7, 11) is -3.75. The molecule has 1 fully saturated rings. The van der Waals surface area contributed by atoms with E-state index in [2.05, 4.69) is 28.8 Å². The SMILES string of the molecule is CC(CS(=O)(=O)Nc1cccc(F)c1)C(=O)NCC(C)(C)N1CCCC1. The Balaban J connectivity index is 1.87. The summed E-state index contributed by atoms with van der Waals surface area (Å²) < 4.78 is 39.9. The molecule has 1 aliphatic rings. The Bertz CT molecular complexity index is 731. The van der Waals surface area contributed by atoms with E-state index < -0.39 is 21.8 Å². The third-order valence-electron chi connectivity index (χ3n) is 4.67. The van der Waals surface area contributed by atoms with Gasteiger partial charge in [-0.1, -0.05) is 13.0 Å². The highest BCUT2D eigenvalue weighted by Crippen LogP contribution is 2.20. The molecular weight excluding hydrogens is 357 g/mol. The monoisotopic (exact) mass is 385 g/mol. The second kappa shape index (κ2) is 8.35. The Morgan fingerprint density at radius 1 is 1.31 bits per heavy atom. The molecule has 1 aromatic rings. The molecule has 1 aromatic carbocycles. The fraction of sp³-hybridized carbons (Fsp3) is 0.611. The molecule has 0 aliphatic carbocycles. The van der Waals surface area contributed by atoms with E-state index in [1.165, 1.54) is 18.2 Å². The molecule has 0 radical (unpaired) electrons. The van der Waals surface area contributed by atoms with Crippen molar-refractivity contribution in [3.63, 3.8) is 0 Å². The van der Waals surface area contributed by atoms with E-state index >= 15 is 0 Å². The van der Waals surface area contributed by atoms with Crippen LogP contribution in [0.2, 0.25) is 0 Å². The number of likely N-dealkylation sites (tertiary alicyclic amines) is 1. The smallest absolute Gasteiger partial charge is 0.233 e. The number of rotatable bonds is 8. The number of hydrogen-bond donors (Lipinski definition) is 2. The van der Waals surface area contributed by atoms with Gasteiger partial charge in [0.05, 0.1) is 17.4 Å². The first-order valence-electron chi connectivity index (χ1n) is 8.88. The van der Waals surface area contributed by atoms with Gasteiger partial charge in [-0.25, -0.2) is 12.8 Å². The lowest BCUT2D eigenvalue weighted by Gasteiger charge is -2.35. The zero-order valence-corrected chi connectivity index (χ0v) is 16.4. The van der Waals surface area contributed by atoms with Crippen LogP contribution in [0.15, 0.2) is 24.3 Å². The van der Waals surface area contributed by atoms with Crippen molar-refractivity contribution in [3.8, 4) is 0 Å². The summed E-state index contributed by atoms with van der Waals surface area (Å²) in [6, 6.07) is 5.21. The average molecular weight is 386 g/mol. The van der Waals surface area contributed by atoms with Gasteiger partial charge in [-0.2, -0.15) is 0 Å². The van der Waals surface area contributed by atoms with Gasteiger partial charge in [0.25, 0.3) is 0 Å². The highest BCUT2D eigenvalue weighted by molar-refractivity contribution is 7.92. The molecule has 1 unspecified atom stereocenters. The normalized spacial score (nSPS) is 17.1. The first kappa shape index (κ1) is 20.6. The molecule has 0 saturated carbocycles. The maximum atomic E-state index is 13.2. The Morgan fingerprint density at radius 2 is 1.96 bits per heavy atom. The van der Waals surface area contributed by atoms with Crippen molar-refractivity contribution in [2.45, 2.75) is 39.2 Å². The van der Waals surface area contributed by atoms with Crippen molar-refractivity contribution in [3.05, 3.63) is 30.1 Å². The van der Waals surface area contributed by atoms with Gasteiger partial charge < -0.3 is 5.32 Å². The summed E-state index contributed by atoms with van der Waals surface area (Å²) in [6.07, 6.45) is 2.33. The van der Waals surface area contributed by atoms with Gasteiger partial charge in [-0.15, -0.1) is 0 Å². The second-order valence-corrected chi connectivity index (χ2v) is 9.29. The van der Waals surface area contributed by atoms with Gasteiger partial charge in [0.2, 0.25) is 15.9 Å². The maximum Gasteiger partial charge on any atom is 0.233 e. The lowest BCUT2D eigenvalue weighted by Crippen LogP contribution is -2.51. The summed E-state index contributed by atoms with van der Waals surface area (Å²) in [4.78, 5) is 14.6. The second-order valence-electron chi connectivity index (χ2n) is 7.52. The number of sulfonamides is 1. The fourth-order valence-corrected chi connectivity index (χ4v) is 4.47. The largest absolute Gasteiger partial charge is 0.354 e. The molecule has 2 N–H and O–H groups in total. The molecule has 6 nitrogen and oxygen atoms in total. The highest BCUT2D eigenvalue weighted by atomic mass is 32.2. The summed E-state index contributed by atoms with van der Waals surface area (Å²) in [6.45, 7) is 8.22. The Morgan fingerprint density at radius 3 is 2.58 bits per heavy atom. The molecule has 1 saturated heterocycles. The molecule has 26 heavy (non-hydrogen) atoms. The van der Waals surface area contributed by atoms with Crippen LogP contribution in [0.1, 0.15) is 33.6 Å². The molecule has 0 bridgehead atoms. The van der Waals surface area contributed by atoms with Crippen LogP contribution in [-0.4, -0.2) is 50.2 Å². The van der Waals surface area contributed by atoms with Crippen molar-refractivity contribution < 1.29 is 17.6 Å². The molecule has 1 heterocycles. The number of nitrogens with zero attached hydrogens (tertiary/aromatic N) is 1. The minimum atomic E-state index is -3.75. The zero-order valence-electron chi connectivity index (χ0n) is 15.6. The van der Waals surface area contributed by atoms with Crippen molar-refractivity contribution in [2.24, 2.45) is 5.92 Å². The number of halogens is 1. The summed E-state index contributed by atoms with van der Waals surface area (Å²) >= 11 is 0. The van der Waals surface area contributed by atoms with E-state index in [0.29, 0.717) is 6.54 Å². The summed E-state index contributed by atoms with van der Waals surface area (Å²) in [5.74, 6) is -1.91. The van der Waals surface area contributed by atoms with Crippen molar-refractivity contribution >= 4 is 21.6 Å². The lowest BCUT2D eigenvalue weighted by molar-refractivity contribution is -0.124. The van der Waals surface area contributed by atoms with Gasteiger partial charge >= 0.3 is 0 Å². The van der Waals surface area contributed by atoms with Crippen LogP contribution in [0.4, 0.5) is 10.1 Å². The van der Waals surface area contributed by atoms with Crippen molar-refractivity contribution in [1.29, 1.82) is 0 Å². The fourth-order valence-electron chi connectivity index (χ4n) is 3.09. The number of benzene rings is 1. The van der Waals surface area contributed by atoms with E-state index in [-0.39, 0.29) is 22.9 Å². The molecule has 1 amide bonds. The first-order valence-corrected chi connectivity index (χ1v) is 10.5. The first-order chi connectivity index (χ1) is 12.1. The third kappa shape index (κ3) is 5.95. The van der Waals surface area contributed by atoms with Gasteiger partial charge in [-0.3, -0.25) is 14.4 Å². The molecule has 146 valence electrons. The van der Waals surface area contributed by atoms with E-state index in [0.717, 1.165) is 32.0 Å². The van der Waals surface area contributed by atoms with Gasteiger partial charge in [0, 0.05) is 12.1 Å². The minimum Gasteiger partial charge on any atom is -0.354 e. The van der Waals surface area contributed by atoms with Crippen LogP contribution in [0.3, 0.4) is 0 Å². The van der Waals surface area contributed by atoms with E-state index in [9.17, 15) is 17.6 Å².